The zero-order chi connectivity index (χ0) is 11.5. The molecule has 1 N–H and O–H groups in total. The van der Waals surface area contributed by atoms with E-state index in [0.717, 1.165) is 17.2 Å². The molecule has 2 aromatic heterocycles. The summed E-state index contributed by atoms with van der Waals surface area (Å²) in [5, 5.41) is 5.48. The van der Waals surface area contributed by atoms with Crippen LogP contribution in [-0.4, -0.2) is 21.3 Å². The second-order valence-electron chi connectivity index (χ2n) is 4.13. The van der Waals surface area contributed by atoms with Crippen molar-refractivity contribution in [3.8, 4) is 0 Å². The van der Waals surface area contributed by atoms with Gasteiger partial charge in [-0.1, -0.05) is 6.92 Å². The number of rotatable bonds is 5. The van der Waals surface area contributed by atoms with E-state index in [2.05, 4.69) is 34.7 Å². The highest BCUT2D eigenvalue weighted by atomic mass is 35.5. The Hall–Kier alpha value is -0.580. The second kappa shape index (κ2) is 5.17. The number of imidazole rings is 1. The van der Waals surface area contributed by atoms with Gasteiger partial charge in [-0.15, -0.1) is 22.9 Å². The van der Waals surface area contributed by atoms with Gasteiger partial charge >= 0.3 is 0 Å². The van der Waals surface area contributed by atoms with Crippen molar-refractivity contribution in [3.05, 3.63) is 23.5 Å². The van der Waals surface area contributed by atoms with Crippen LogP contribution < -0.4 is 5.32 Å². The molecule has 0 amide bonds. The van der Waals surface area contributed by atoms with E-state index in [9.17, 15) is 0 Å². The first-order chi connectivity index (χ1) is 7.70. The number of hydrogen-bond acceptors (Lipinski definition) is 3. The third kappa shape index (κ3) is 2.56. The molecule has 2 atom stereocenters. The minimum Gasteiger partial charge on any atom is -0.308 e. The zero-order valence-electron chi connectivity index (χ0n) is 9.48. The van der Waals surface area contributed by atoms with Crippen molar-refractivity contribution in [2.75, 3.05) is 5.88 Å². The largest absolute Gasteiger partial charge is 0.308 e. The molecule has 88 valence electrons. The van der Waals surface area contributed by atoms with E-state index in [0.29, 0.717) is 17.8 Å². The van der Waals surface area contributed by atoms with Crippen LogP contribution in [0.4, 0.5) is 0 Å². The molecule has 0 saturated carbocycles. The molecule has 0 fully saturated rings. The third-order valence-electron chi connectivity index (χ3n) is 2.85. The van der Waals surface area contributed by atoms with E-state index in [1.54, 1.807) is 11.3 Å². The normalized spacial score (nSPS) is 15.4. The number of nitrogens with zero attached hydrogens (tertiary/aromatic N) is 2. The molecular weight excluding hydrogens is 242 g/mol. The van der Waals surface area contributed by atoms with Crippen LogP contribution in [0, 0.1) is 5.92 Å². The van der Waals surface area contributed by atoms with Crippen LogP contribution in [0.3, 0.4) is 0 Å². The Balaban J connectivity index is 1.93. The van der Waals surface area contributed by atoms with Gasteiger partial charge in [-0.3, -0.25) is 4.40 Å². The molecule has 2 aromatic rings. The lowest BCUT2D eigenvalue weighted by Crippen LogP contribution is -2.32. The highest BCUT2D eigenvalue weighted by Gasteiger charge is 2.11. The molecule has 0 radical (unpaired) electrons. The highest BCUT2D eigenvalue weighted by molar-refractivity contribution is 7.15. The fraction of sp³-hybridized carbons (Fsp3) is 0.545. The van der Waals surface area contributed by atoms with Crippen molar-refractivity contribution < 1.29 is 0 Å². The van der Waals surface area contributed by atoms with Crippen molar-refractivity contribution in [3.63, 3.8) is 0 Å². The number of nitrogens with one attached hydrogen (secondary N) is 1. The standard InChI is InChI=1S/C11H16ClN3S/c1-8(5-12)9(2)13-6-10-7-15-3-4-16-11(15)14-10/h3-4,7-9,13H,5-6H2,1-2H3. The predicted octanol–water partition coefficient (Wildman–Crippen LogP) is 2.75. The van der Waals surface area contributed by atoms with Crippen LogP contribution >= 0.6 is 22.9 Å². The summed E-state index contributed by atoms with van der Waals surface area (Å²) in [4.78, 5) is 5.57. The molecule has 0 bridgehead atoms. The Morgan fingerprint density at radius 1 is 1.56 bits per heavy atom. The molecule has 2 unspecified atom stereocenters. The minimum atomic E-state index is 0.414. The predicted molar refractivity (Wildman–Crippen MR) is 69.3 cm³/mol. The Morgan fingerprint density at radius 3 is 3.06 bits per heavy atom. The van der Waals surface area contributed by atoms with Crippen LogP contribution in [-0.2, 0) is 6.54 Å². The summed E-state index contributed by atoms with van der Waals surface area (Å²) in [6, 6.07) is 0.414. The first-order valence-corrected chi connectivity index (χ1v) is 6.82. The van der Waals surface area contributed by atoms with Crippen LogP contribution in [0.2, 0.25) is 0 Å². The van der Waals surface area contributed by atoms with Gasteiger partial charge in [-0.2, -0.15) is 0 Å². The van der Waals surface area contributed by atoms with Crippen LogP contribution in [0.25, 0.3) is 4.96 Å². The molecule has 0 saturated heterocycles. The fourth-order valence-corrected chi connectivity index (χ4v) is 2.45. The molecule has 3 nitrogen and oxygen atoms in total. The zero-order valence-corrected chi connectivity index (χ0v) is 11.1. The molecule has 16 heavy (non-hydrogen) atoms. The van der Waals surface area contributed by atoms with Gasteiger partial charge in [0.1, 0.15) is 0 Å². The molecule has 0 aliphatic rings. The van der Waals surface area contributed by atoms with Gasteiger partial charge in [0.25, 0.3) is 0 Å². The topological polar surface area (TPSA) is 29.3 Å². The summed E-state index contributed by atoms with van der Waals surface area (Å²) in [5.74, 6) is 1.16. The maximum atomic E-state index is 5.82. The number of halogens is 1. The Kier molecular flexibility index (Phi) is 3.84. The number of alkyl halides is 1. The summed E-state index contributed by atoms with van der Waals surface area (Å²) >= 11 is 7.47. The van der Waals surface area contributed by atoms with Gasteiger partial charge in [0.15, 0.2) is 4.96 Å². The summed E-state index contributed by atoms with van der Waals surface area (Å²) < 4.78 is 2.05. The van der Waals surface area contributed by atoms with Crippen molar-refractivity contribution in [2.24, 2.45) is 5.92 Å². The lowest BCUT2D eigenvalue weighted by Gasteiger charge is -2.18. The summed E-state index contributed by atoms with van der Waals surface area (Å²) in [7, 11) is 0. The second-order valence-corrected chi connectivity index (χ2v) is 5.31. The quantitative estimate of drug-likeness (QED) is 0.835. The smallest absolute Gasteiger partial charge is 0.193 e. The van der Waals surface area contributed by atoms with E-state index in [1.165, 1.54) is 0 Å². The van der Waals surface area contributed by atoms with Crippen molar-refractivity contribution in [2.45, 2.75) is 26.4 Å². The summed E-state index contributed by atoms with van der Waals surface area (Å²) in [6.45, 7) is 5.11. The average molecular weight is 258 g/mol. The van der Waals surface area contributed by atoms with Crippen molar-refractivity contribution in [1.29, 1.82) is 0 Å². The van der Waals surface area contributed by atoms with Crippen molar-refractivity contribution in [1.82, 2.24) is 14.7 Å². The molecule has 2 heterocycles. The fourth-order valence-electron chi connectivity index (χ4n) is 1.46. The van der Waals surface area contributed by atoms with Crippen LogP contribution in [0.15, 0.2) is 17.8 Å². The summed E-state index contributed by atoms with van der Waals surface area (Å²) in [6.07, 6.45) is 4.10. The Bertz CT molecular complexity index is 422. The number of thiazole rings is 1. The van der Waals surface area contributed by atoms with Gasteiger partial charge in [-0.05, 0) is 12.8 Å². The summed E-state index contributed by atoms with van der Waals surface area (Å²) in [5.41, 5.74) is 1.08. The maximum Gasteiger partial charge on any atom is 0.193 e. The van der Waals surface area contributed by atoms with E-state index < -0.39 is 0 Å². The number of fused-ring (bicyclic) bond motifs is 1. The molecule has 0 aromatic carbocycles. The molecular formula is C11H16ClN3S. The first kappa shape index (κ1) is 11.9. The molecule has 0 spiro atoms. The average Bonchev–Trinajstić information content (AvgIpc) is 2.84. The molecule has 5 heteroatoms. The molecule has 0 aliphatic carbocycles. The van der Waals surface area contributed by atoms with Crippen molar-refractivity contribution >= 4 is 27.9 Å². The number of hydrogen-bond donors (Lipinski definition) is 1. The van der Waals surface area contributed by atoms with Gasteiger partial charge < -0.3 is 5.32 Å². The van der Waals surface area contributed by atoms with E-state index in [4.69, 9.17) is 11.6 Å². The van der Waals surface area contributed by atoms with Gasteiger partial charge in [-0.25, -0.2) is 4.98 Å². The molecule has 0 aliphatic heterocycles. The third-order valence-corrected chi connectivity index (χ3v) is 4.10. The minimum absolute atomic E-state index is 0.414. The van der Waals surface area contributed by atoms with Gasteiger partial charge in [0.05, 0.1) is 5.69 Å². The van der Waals surface area contributed by atoms with E-state index in [-0.39, 0.29) is 0 Å². The Morgan fingerprint density at radius 2 is 2.38 bits per heavy atom. The lowest BCUT2D eigenvalue weighted by molar-refractivity contribution is 0.428. The number of aromatic nitrogens is 2. The SMILES string of the molecule is CC(CCl)C(C)NCc1cn2ccsc2n1. The Labute approximate surface area is 104 Å². The maximum absolute atomic E-state index is 5.82. The van der Waals surface area contributed by atoms with Gasteiger partial charge in [0, 0.05) is 36.2 Å². The van der Waals surface area contributed by atoms with Gasteiger partial charge in [0.2, 0.25) is 0 Å². The van der Waals surface area contributed by atoms with Crippen LogP contribution in [0.5, 0.6) is 0 Å². The lowest BCUT2D eigenvalue weighted by atomic mass is 10.1. The highest BCUT2D eigenvalue weighted by Crippen LogP contribution is 2.12. The van der Waals surface area contributed by atoms with E-state index >= 15 is 0 Å². The first-order valence-electron chi connectivity index (χ1n) is 5.41. The van der Waals surface area contributed by atoms with Crippen LogP contribution in [0.1, 0.15) is 19.5 Å². The monoisotopic (exact) mass is 257 g/mol. The molecule has 2 rings (SSSR count). The van der Waals surface area contributed by atoms with E-state index in [1.807, 2.05) is 11.6 Å².